The van der Waals surface area contributed by atoms with Gasteiger partial charge in [-0.1, -0.05) is 206 Å². The average Bonchev–Trinajstić information content (AvgIpc) is 3.23. The molecule has 5 heteroatoms. The van der Waals surface area contributed by atoms with Crippen molar-refractivity contribution in [1.29, 1.82) is 0 Å². The highest BCUT2D eigenvalue weighted by atomic mass is 32.2. The van der Waals surface area contributed by atoms with Gasteiger partial charge in [0.25, 0.3) is 0 Å². The molecule has 0 bridgehead atoms. The summed E-state index contributed by atoms with van der Waals surface area (Å²) in [6.45, 7) is 9.91. The van der Waals surface area contributed by atoms with Crippen LogP contribution < -0.4 is 4.74 Å². The second-order valence-electron chi connectivity index (χ2n) is 16.3. The quantitative estimate of drug-likeness (QED) is 0.0288. The largest absolute Gasteiger partial charge is 0.494 e. The number of hydrogen-bond acceptors (Lipinski definition) is 5. The van der Waals surface area contributed by atoms with Gasteiger partial charge in [0.2, 0.25) is 0 Å². The third kappa shape index (κ3) is 27.2. The highest BCUT2D eigenvalue weighted by Crippen LogP contribution is 2.41. The summed E-state index contributed by atoms with van der Waals surface area (Å²) in [6.07, 6.45) is 42.6. The van der Waals surface area contributed by atoms with E-state index >= 15 is 0 Å². The Morgan fingerprint density at radius 3 is 1.26 bits per heavy atom. The molecule has 2 aromatic carbocycles. The van der Waals surface area contributed by atoms with Gasteiger partial charge >= 0.3 is 0 Å². The fraction of sp³-hybridized carbons (Fsp3) is 0.712. The molecular weight excluding hydrogens is 753 g/mol. The summed E-state index contributed by atoms with van der Waals surface area (Å²) in [4.78, 5) is 17.7. The topological polar surface area (TPSA) is 26.3 Å². The third-order valence-corrected chi connectivity index (χ3v) is 14.6. The molecule has 0 spiro atoms. The SMILES string of the molecule is CCCCCCCCCCCCCCCCCCCOc1ccc(/C=C/C(=O)c2cc(SCCCCCC)c(SCCCCCC)c(SCCCCCC)c2)cc1. The van der Waals surface area contributed by atoms with Gasteiger partial charge in [-0.25, -0.2) is 0 Å². The number of ether oxygens (including phenoxy) is 1. The molecule has 324 valence electrons. The maximum Gasteiger partial charge on any atom is 0.185 e. The Bertz CT molecular complexity index is 1220. The van der Waals surface area contributed by atoms with Crippen molar-refractivity contribution >= 4 is 47.1 Å². The number of unbranched alkanes of at least 4 members (excludes halogenated alkanes) is 25. The van der Waals surface area contributed by atoms with E-state index in [0.29, 0.717) is 0 Å². The highest BCUT2D eigenvalue weighted by Gasteiger charge is 2.16. The first-order valence-electron chi connectivity index (χ1n) is 24.1. The molecule has 0 saturated heterocycles. The van der Waals surface area contributed by atoms with Crippen LogP contribution in [0.3, 0.4) is 0 Å². The van der Waals surface area contributed by atoms with Crippen LogP contribution in [-0.2, 0) is 0 Å². The molecule has 0 radical (unpaired) electrons. The summed E-state index contributed by atoms with van der Waals surface area (Å²) >= 11 is 5.97. The van der Waals surface area contributed by atoms with Crippen molar-refractivity contribution in [2.45, 2.75) is 229 Å². The lowest BCUT2D eigenvalue weighted by Gasteiger charge is -2.16. The number of carbonyl (C=O) groups excluding carboxylic acids is 1. The second kappa shape index (κ2) is 37.7. The van der Waals surface area contributed by atoms with Crippen LogP contribution in [0.2, 0.25) is 0 Å². The summed E-state index contributed by atoms with van der Waals surface area (Å²) < 4.78 is 6.07. The predicted octanol–water partition coefficient (Wildman–Crippen LogP) is 18.6. The predicted molar refractivity (Wildman–Crippen MR) is 261 cm³/mol. The summed E-state index contributed by atoms with van der Waals surface area (Å²) in [5, 5.41) is 0. The first-order valence-corrected chi connectivity index (χ1v) is 27.1. The van der Waals surface area contributed by atoms with Crippen LogP contribution in [-0.4, -0.2) is 29.6 Å². The van der Waals surface area contributed by atoms with Crippen molar-refractivity contribution in [1.82, 2.24) is 0 Å². The maximum atomic E-state index is 13.7. The standard InChI is InChI=1S/C52H86O2S3/c1-5-9-13-17-18-19-20-21-22-23-24-25-26-27-28-29-30-40-54-48-37-34-46(35-38-48)36-39-49(53)47-44-50(55-41-31-14-10-6-2)52(57-43-33-16-12-8-4)51(45-47)56-42-32-15-11-7-3/h34-39,44-45H,5-33,40-43H2,1-4H3/b39-36+. The van der Waals surface area contributed by atoms with Crippen molar-refractivity contribution in [2.75, 3.05) is 23.9 Å². The average molecular weight is 839 g/mol. The molecule has 57 heavy (non-hydrogen) atoms. The van der Waals surface area contributed by atoms with Gasteiger partial charge < -0.3 is 4.74 Å². The smallest absolute Gasteiger partial charge is 0.185 e. The Balaban J connectivity index is 1.82. The van der Waals surface area contributed by atoms with Gasteiger partial charge in [-0.2, -0.15) is 0 Å². The monoisotopic (exact) mass is 839 g/mol. The number of hydrogen-bond donors (Lipinski definition) is 0. The lowest BCUT2D eigenvalue weighted by Crippen LogP contribution is -1.99. The molecule has 2 nitrogen and oxygen atoms in total. The molecular formula is C52H86O2S3. The van der Waals surface area contributed by atoms with Gasteiger partial charge in [-0.3, -0.25) is 4.79 Å². The minimum atomic E-state index is 0.0919. The third-order valence-electron chi connectivity index (χ3n) is 10.9. The first kappa shape index (κ1) is 51.8. The Kier molecular flexibility index (Phi) is 34.3. The van der Waals surface area contributed by atoms with Gasteiger partial charge in [0.1, 0.15) is 5.75 Å². The van der Waals surface area contributed by atoms with E-state index in [2.05, 4.69) is 52.0 Å². The zero-order valence-corrected chi connectivity index (χ0v) is 39.9. The van der Waals surface area contributed by atoms with Crippen LogP contribution >= 0.6 is 35.3 Å². The Morgan fingerprint density at radius 1 is 0.474 bits per heavy atom. The van der Waals surface area contributed by atoms with E-state index in [0.717, 1.165) is 47.2 Å². The van der Waals surface area contributed by atoms with Crippen molar-refractivity contribution in [3.63, 3.8) is 0 Å². The molecule has 0 N–H and O–H groups in total. The molecule has 0 unspecified atom stereocenters. The Labute approximate surface area is 366 Å². The number of ketones is 1. The van der Waals surface area contributed by atoms with Crippen LogP contribution in [0.4, 0.5) is 0 Å². The van der Waals surface area contributed by atoms with E-state index in [9.17, 15) is 4.79 Å². The van der Waals surface area contributed by atoms with Crippen LogP contribution in [0, 0.1) is 0 Å². The van der Waals surface area contributed by atoms with E-state index in [1.54, 1.807) is 6.08 Å². The van der Waals surface area contributed by atoms with Gasteiger partial charge in [0.15, 0.2) is 5.78 Å². The van der Waals surface area contributed by atoms with Gasteiger partial charge in [0, 0.05) is 20.2 Å². The highest BCUT2D eigenvalue weighted by molar-refractivity contribution is 8.03. The fourth-order valence-electron chi connectivity index (χ4n) is 7.16. The first-order chi connectivity index (χ1) is 28.1. The molecule has 2 rings (SSSR count). The van der Waals surface area contributed by atoms with Crippen LogP contribution in [0.5, 0.6) is 5.75 Å². The molecule has 0 aliphatic rings. The number of benzene rings is 2. The maximum absolute atomic E-state index is 13.7. The van der Waals surface area contributed by atoms with Gasteiger partial charge in [-0.15, -0.1) is 35.3 Å². The number of carbonyl (C=O) groups is 1. The zero-order valence-electron chi connectivity index (χ0n) is 37.5. The molecule has 0 saturated carbocycles. The summed E-state index contributed by atoms with van der Waals surface area (Å²) in [5.41, 5.74) is 1.85. The van der Waals surface area contributed by atoms with Crippen LogP contribution in [0.1, 0.15) is 230 Å². The van der Waals surface area contributed by atoms with Crippen molar-refractivity contribution < 1.29 is 9.53 Å². The molecule has 0 atom stereocenters. The molecule has 2 aromatic rings. The van der Waals surface area contributed by atoms with Gasteiger partial charge in [-0.05, 0) is 78.8 Å². The van der Waals surface area contributed by atoms with Crippen molar-refractivity contribution in [3.05, 3.63) is 53.6 Å². The molecule has 0 aliphatic heterocycles. The Morgan fingerprint density at radius 2 is 0.842 bits per heavy atom. The van der Waals surface area contributed by atoms with E-state index in [1.807, 2.05) is 53.5 Å². The normalized spacial score (nSPS) is 11.6. The van der Waals surface area contributed by atoms with E-state index in [4.69, 9.17) is 4.74 Å². The zero-order chi connectivity index (χ0) is 40.9. The van der Waals surface area contributed by atoms with E-state index < -0.39 is 0 Å². The molecule has 0 heterocycles. The lowest BCUT2D eigenvalue weighted by molar-refractivity contribution is 0.104. The van der Waals surface area contributed by atoms with E-state index in [-0.39, 0.29) is 5.78 Å². The van der Waals surface area contributed by atoms with Gasteiger partial charge in [0.05, 0.1) is 6.61 Å². The number of rotatable bonds is 40. The minimum Gasteiger partial charge on any atom is -0.494 e. The van der Waals surface area contributed by atoms with Crippen LogP contribution in [0.25, 0.3) is 6.08 Å². The summed E-state index contributed by atoms with van der Waals surface area (Å²) in [5.74, 6) is 4.39. The van der Waals surface area contributed by atoms with Crippen molar-refractivity contribution in [2.24, 2.45) is 0 Å². The molecule has 0 fully saturated rings. The molecule has 0 aliphatic carbocycles. The summed E-state index contributed by atoms with van der Waals surface area (Å²) in [6, 6.07) is 12.6. The molecule has 0 aromatic heterocycles. The van der Waals surface area contributed by atoms with Crippen molar-refractivity contribution in [3.8, 4) is 5.75 Å². The minimum absolute atomic E-state index is 0.0919. The summed E-state index contributed by atoms with van der Waals surface area (Å²) in [7, 11) is 0. The van der Waals surface area contributed by atoms with E-state index in [1.165, 1.54) is 194 Å². The number of allylic oxidation sites excluding steroid dienone is 1. The molecule has 0 amide bonds. The Hall–Kier alpha value is -1.30. The fourth-order valence-corrected chi connectivity index (χ4v) is 10.9. The van der Waals surface area contributed by atoms with Crippen LogP contribution in [0.15, 0.2) is 57.2 Å². The number of thioether (sulfide) groups is 3. The lowest BCUT2D eigenvalue weighted by atomic mass is 10.0. The second-order valence-corrected chi connectivity index (χ2v) is 19.7.